The second-order valence-electron chi connectivity index (χ2n) is 5.17. The summed E-state index contributed by atoms with van der Waals surface area (Å²) in [7, 11) is 3.66. The summed E-state index contributed by atoms with van der Waals surface area (Å²) in [6, 6.07) is 15.6. The quantitative estimate of drug-likeness (QED) is 0.940. The Morgan fingerprint density at radius 1 is 1.14 bits per heavy atom. The first-order valence-electron chi connectivity index (χ1n) is 6.94. The van der Waals surface area contributed by atoms with E-state index in [4.69, 9.17) is 4.74 Å². The molecule has 0 saturated carbocycles. The number of methoxy groups -OCH3 is 1. The van der Waals surface area contributed by atoms with Crippen LogP contribution in [0.4, 0.5) is 5.69 Å². The van der Waals surface area contributed by atoms with Crippen molar-refractivity contribution >= 4 is 11.6 Å². The minimum absolute atomic E-state index is 0.0118. The van der Waals surface area contributed by atoms with Gasteiger partial charge >= 0.3 is 0 Å². The number of hydrogen-bond donors (Lipinski definition) is 1. The average Bonchev–Trinajstić information content (AvgIpc) is 2.53. The largest absolute Gasteiger partial charge is 0.497 e. The molecule has 1 aliphatic rings. The summed E-state index contributed by atoms with van der Waals surface area (Å²) >= 11 is 0. The van der Waals surface area contributed by atoms with E-state index in [2.05, 4.69) is 10.2 Å². The zero-order valence-electron chi connectivity index (χ0n) is 12.2. The maximum absolute atomic E-state index is 12.2. The highest BCUT2D eigenvalue weighted by Crippen LogP contribution is 2.26. The van der Waals surface area contributed by atoms with Crippen molar-refractivity contribution in [2.24, 2.45) is 0 Å². The van der Waals surface area contributed by atoms with Gasteiger partial charge in [0.2, 0.25) is 0 Å². The standard InChI is InChI=1S/C17H18N2O2/c1-19-15-6-4-3-5-14(15)17(20)18-16(19)11-12-7-9-13(21-2)10-8-12/h3-10,16H,11H2,1-2H3,(H,18,20)/t16-/m1/s1. The van der Waals surface area contributed by atoms with Crippen LogP contribution in [0.5, 0.6) is 5.75 Å². The number of para-hydroxylation sites is 1. The smallest absolute Gasteiger partial charge is 0.254 e. The van der Waals surface area contributed by atoms with Crippen LogP contribution in [-0.2, 0) is 6.42 Å². The molecule has 0 fully saturated rings. The Hall–Kier alpha value is -2.49. The Balaban J connectivity index is 1.82. The van der Waals surface area contributed by atoms with Crippen LogP contribution >= 0.6 is 0 Å². The lowest BCUT2D eigenvalue weighted by Gasteiger charge is -2.36. The summed E-state index contributed by atoms with van der Waals surface area (Å²) in [4.78, 5) is 14.3. The highest BCUT2D eigenvalue weighted by atomic mass is 16.5. The Labute approximate surface area is 124 Å². The molecule has 0 radical (unpaired) electrons. The van der Waals surface area contributed by atoms with Crippen LogP contribution in [0, 0.1) is 0 Å². The van der Waals surface area contributed by atoms with Crippen molar-refractivity contribution in [2.45, 2.75) is 12.6 Å². The van der Waals surface area contributed by atoms with E-state index in [9.17, 15) is 4.79 Å². The monoisotopic (exact) mass is 282 g/mol. The Bertz CT molecular complexity index is 652. The van der Waals surface area contributed by atoms with Crippen LogP contribution in [0.3, 0.4) is 0 Å². The van der Waals surface area contributed by atoms with Crippen LogP contribution in [0.1, 0.15) is 15.9 Å². The van der Waals surface area contributed by atoms with Gasteiger partial charge in [0, 0.05) is 13.5 Å². The number of carbonyl (C=O) groups is 1. The van der Waals surface area contributed by atoms with Crippen molar-refractivity contribution in [1.29, 1.82) is 0 Å². The summed E-state index contributed by atoms with van der Waals surface area (Å²) < 4.78 is 5.16. The van der Waals surface area contributed by atoms with Gasteiger partial charge < -0.3 is 15.0 Å². The van der Waals surface area contributed by atoms with Crippen LogP contribution in [0.2, 0.25) is 0 Å². The van der Waals surface area contributed by atoms with Crippen molar-refractivity contribution < 1.29 is 9.53 Å². The lowest BCUT2D eigenvalue weighted by Crippen LogP contribution is -2.52. The van der Waals surface area contributed by atoms with Crippen molar-refractivity contribution in [3.05, 3.63) is 59.7 Å². The van der Waals surface area contributed by atoms with Crippen LogP contribution in [0.25, 0.3) is 0 Å². The van der Waals surface area contributed by atoms with Crippen molar-refractivity contribution in [1.82, 2.24) is 5.32 Å². The molecule has 1 heterocycles. The second-order valence-corrected chi connectivity index (χ2v) is 5.17. The first-order valence-corrected chi connectivity index (χ1v) is 6.94. The fraction of sp³-hybridized carbons (Fsp3) is 0.235. The van der Waals surface area contributed by atoms with Crippen molar-refractivity contribution in [3.8, 4) is 5.75 Å². The first-order chi connectivity index (χ1) is 10.2. The topological polar surface area (TPSA) is 41.6 Å². The number of likely N-dealkylation sites (N-methyl/N-ethyl adjacent to an activating group) is 1. The number of anilines is 1. The molecule has 4 nitrogen and oxygen atoms in total. The first kappa shape index (κ1) is 13.5. The number of rotatable bonds is 3. The zero-order valence-corrected chi connectivity index (χ0v) is 12.2. The molecule has 0 spiro atoms. The fourth-order valence-corrected chi connectivity index (χ4v) is 2.64. The maximum atomic E-state index is 12.2. The van der Waals surface area contributed by atoms with Gasteiger partial charge in [-0.3, -0.25) is 4.79 Å². The lowest BCUT2D eigenvalue weighted by molar-refractivity contribution is 0.0928. The zero-order chi connectivity index (χ0) is 14.8. The molecule has 4 heteroatoms. The van der Waals surface area contributed by atoms with Gasteiger partial charge in [-0.2, -0.15) is 0 Å². The number of amides is 1. The van der Waals surface area contributed by atoms with Gasteiger partial charge in [0.05, 0.1) is 18.4 Å². The molecule has 1 amide bonds. The van der Waals surface area contributed by atoms with E-state index in [1.54, 1.807) is 7.11 Å². The summed E-state index contributed by atoms with van der Waals surface area (Å²) in [5.41, 5.74) is 2.86. The fourth-order valence-electron chi connectivity index (χ4n) is 2.64. The van der Waals surface area contributed by atoms with E-state index < -0.39 is 0 Å². The van der Waals surface area contributed by atoms with E-state index in [-0.39, 0.29) is 12.1 Å². The molecule has 0 saturated heterocycles. The van der Waals surface area contributed by atoms with Gasteiger partial charge in [-0.15, -0.1) is 0 Å². The van der Waals surface area contributed by atoms with Gasteiger partial charge in [-0.05, 0) is 29.8 Å². The summed E-state index contributed by atoms with van der Waals surface area (Å²) in [5, 5.41) is 3.06. The van der Waals surface area contributed by atoms with E-state index in [0.29, 0.717) is 0 Å². The summed E-state index contributed by atoms with van der Waals surface area (Å²) in [6.07, 6.45) is 0.710. The maximum Gasteiger partial charge on any atom is 0.254 e. The van der Waals surface area contributed by atoms with Crippen LogP contribution in [0.15, 0.2) is 48.5 Å². The normalized spacial score (nSPS) is 17.1. The van der Waals surface area contributed by atoms with Gasteiger partial charge in [0.25, 0.3) is 5.91 Å². The van der Waals surface area contributed by atoms with Gasteiger partial charge in [-0.25, -0.2) is 0 Å². The predicted octanol–water partition coefficient (Wildman–Crippen LogP) is 2.44. The number of benzene rings is 2. The van der Waals surface area contributed by atoms with E-state index in [1.165, 1.54) is 0 Å². The lowest BCUT2D eigenvalue weighted by atomic mass is 10.0. The third-order valence-electron chi connectivity index (χ3n) is 3.88. The highest BCUT2D eigenvalue weighted by Gasteiger charge is 2.27. The average molecular weight is 282 g/mol. The van der Waals surface area contributed by atoms with Gasteiger partial charge in [-0.1, -0.05) is 24.3 Å². The minimum Gasteiger partial charge on any atom is -0.497 e. The molecule has 1 atom stereocenters. The molecule has 0 bridgehead atoms. The molecule has 108 valence electrons. The number of hydrogen-bond acceptors (Lipinski definition) is 3. The SMILES string of the molecule is COc1ccc(C[C@@H]2NC(=O)c3ccccc3N2C)cc1. The Morgan fingerprint density at radius 2 is 1.86 bits per heavy atom. The van der Waals surface area contributed by atoms with E-state index >= 15 is 0 Å². The molecule has 21 heavy (non-hydrogen) atoms. The van der Waals surface area contributed by atoms with E-state index in [1.807, 2.05) is 55.6 Å². The molecule has 2 aromatic carbocycles. The third-order valence-corrected chi connectivity index (χ3v) is 3.88. The number of nitrogens with one attached hydrogen (secondary N) is 1. The molecule has 1 N–H and O–H groups in total. The summed E-state index contributed by atoms with van der Waals surface area (Å²) in [6.45, 7) is 0. The number of ether oxygens (including phenoxy) is 1. The van der Waals surface area contributed by atoms with Crippen LogP contribution < -0.4 is 15.0 Å². The van der Waals surface area contributed by atoms with Crippen molar-refractivity contribution in [2.75, 3.05) is 19.1 Å². The van der Waals surface area contributed by atoms with Crippen LogP contribution in [-0.4, -0.2) is 26.2 Å². The number of carbonyl (C=O) groups excluding carboxylic acids is 1. The van der Waals surface area contributed by atoms with Gasteiger partial charge in [0.1, 0.15) is 11.9 Å². The second kappa shape index (κ2) is 5.48. The molecular weight excluding hydrogens is 264 g/mol. The molecule has 0 unspecified atom stereocenters. The minimum atomic E-state index is -0.0409. The highest BCUT2D eigenvalue weighted by molar-refractivity contribution is 6.01. The predicted molar refractivity (Wildman–Crippen MR) is 82.8 cm³/mol. The molecular formula is C17H18N2O2. The van der Waals surface area contributed by atoms with E-state index in [0.717, 1.165) is 29.0 Å². The Morgan fingerprint density at radius 3 is 2.57 bits per heavy atom. The van der Waals surface area contributed by atoms with Gasteiger partial charge in [0.15, 0.2) is 0 Å². The Kier molecular flexibility index (Phi) is 3.52. The number of nitrogens with zero attached hydrogens (tertiary/aromatic N) is 1. The third kappa shape index (κ3) is 2.57. The van der Waals surface area contributed by atoms with Crippen molar-refractivity contribution in [3.63, 3.8) is 0 Å². The molecule has 0 aromatic heterocycles. The summed E-state index contributed by atoms with van der Waals surface area (Å²) in [5.74, 6) is 0.826. The molecule has 0 aliphatic carbocycles. The number of fused-ring (bicyclic) bond motifs is 1. The molecule has 1 aliphatic heterocycles. The molecule has 2 aromatic rings. The molecule has 3 rings (SSSR count).